The summed E-state index contributed by atoms with van der Waals surface area (Å²) < 4.78 is 49.0. The van der Waals surface area contributed by atoms with Gasteiger partial charge in [0.05, 0.1) is 0 Å². The van der Waals surface area contributed by atoms with Gasteiger partial charge in [-0.2, -0.15) is 8.78 Å². The molecule has 0 bridgehead atoms. The van der Waals surface area contributed by atoms with Gasteiger partial charge in [0.25, 0.3) is 5.91 Å². The van der Waals surface area contributed by atoms with Crippen molar-refractivity contribution in [1.29, 1.82) is 0 Å². The molecule has 88 valence electrons. The van der Waals surface area contributed by atoms with E-state index in [1.54, 1.807) is 0 Å². The molecule has 0 aromatic heterocycles. The number of hydrogen-bond acceptors (Lipinski definition) is 2. The van der Waals surface area contributed by atoms with Gasteiger partial charge in [-0.1, -0.05) is 0 Å². The van der Waals surface area contributed by atoms with E-state index >= 15 is 0 Å². The minimum atomic E-state index is -4.58. The van der Waals surface area contributed by atoms with E-state index in [-0.39, 0.29) is 19.1 Å². The van der Waals surface area contributed by atoms with Crippen LogP contribution in [0.15, 0.2) is 0 Å². The van der Waals surface area contributed by atoms with E-state index in [1.807, 2.05) is 0 Å². The maximum Gasteiger partial charge on any atom is 0.383 e. The molecule has 1 fully saturated rings. The number of amides is 1. The van der Waals surface area contributed by atoms with Gasteiger partial charge in [0.1, 0.15) is 0 Å². The molecule has 1 aliphatic rings. The Morgan fingerprint density at radius 1 is 1.33 bits per heavy atom. The minimum Gasteiger partial charge on any atom is -0.337 e. The van der Waals surface area contributed by atoms with Crippen LogP contribution in [0.3, 0.4) is 0 Å². The van der Waals surface area contributed by atoms with Crippen LogP contribution >= 0.6 is 0 Å². The number of nitrogens with zero attached hydrogens (tertiary/aromatic N) is 1. The molecule has 0 aliphatic carbocycles. The number of rotatable bonds is 2. The molecule has 0 radical (unpaired) electrons. The fourth-order valence-corrected chi connectivity index (χ4v) is 1.41. The summed E-state index contributed by atoms with van der Waals surface area (Å²) in [6.45, 7) is 0.0324. The van der Waals surface area contributed by atoms with Crippen LogP contribution < -0.4 is 5.73 Å². The quantitative estimate of drug-likeness (QED) is 0.712. The van der Waals surface area contributed by atoms with Crippen LogP contribution in [-0.4, -0.2) is 42.3 Å². The van der Waals surface area contributed by atoms with Gasteiger partial charge in [0.15, 0.2) is 0 Å². The zero-order valence-electron chi connectivity index (χ0n) is 7.93. The summed E-state index contributed by atoms with van der Waals surface area (Å²) in [4.78, 5) is 11.8. The first-order valence-corrected chi connectivity index (χ1v) is 4.56. The molecule has 0 saturated carbocycles. The van der Waals surface area contributed by atoms with Crippen molar-refractivity contribution >= 4 is 5.91 Å². The lowest BCUT2D eigenvalue weighted by atomic mass is 10.1. The van der Waals surface area contributed by atoms with Gasteiger partial charge in [-0.3, -0.25) is 4.79 Å². The van der Waals surface area contributed by atoms with Gasteiger partial charge in [0, 0.05) is 19.1 Å². The summed E-state index contributed by atoms with van der Waals surface area (Å²) in [6, 6.07) is -0.144. The van der Waals surface area contributed by atoms with Crippen LogP contribution in [0.4, 0.5) is 17.6 Å². The standard InChI is InChI=1S/C8H12F4N2O/c9-6(10)8(11,12)7(15)14-3-1-5(13)2-4-14/h5-6H,1-4,13H2. The molecule has 3 nitrogen and oxygen atoms in total. The molecule has 1 aliphatic heterocycles. The number of likely N-dealkylation sites (tertiary alicyclic amines) is 1. The topological polar surface area (TPSA) is 46.3 Å². The lowest BCUT2D eigenvalue weighted by molar-refractivity contribution is -0.181. The maximum atomic E-state index is 12.6. The van der Waals surface area contributed by atoms with E-state index in [0.717, 1.165) is 4.90 Å². The molecule has 15 heavy (non-hydrogen) atoms. The van der Waals surface area contributed by atoms with E-state index in [9.17, 15) is 22.4 Å². The molecule has 1 heterocycles. The van der Waals surface area contributed by atoms with Gasteiger partial charge in [-0.25, -0.2) is 8.78 Å². The Morgan fingerprint density at radius 3 is 2.20 bits per heavy atom. The highest BCUT2D eigenvalue weighted by Crippen LogP contribution is 2.26. The number of carbonyl (C=O) groups excluding carboxylic acids is 1. The number of piperidine rings is 1. The third kappa shape index (κ3) is 2.58. The molecule has 0 aromatic carbocycles. The second-order valence-electron chi connectivity index (χ2n) is 3.55. The SMILES string of the molecule is NC1CCN(C(=O)C(F)(F)C(F)F)CC1. The molecule has 1 saturated heterocycles. The summed E-state index contributed by atoms with van der Waals surface area (Å²) in [5.74, 6) is -6.38. The molecule has 0 atom stereocenters. The van der Waals surface area contributed by atoms with Crippen LogP contribution in [0.5, 0.6) is 0 Å². The predicted octanol–water partition coefficient (Wildman–Crippen LogP) is 0.836. The smallest absolute Gasteiger partial charge is 0.337 e. The largest absolute Gasteiger partial charge is 0.383 e. The molecule has 0 aromatic rings. The van der Waals surface area contributed by atoms with Gasteiger partial charge >= 0.3 is 12.3 Å². The number of carbonyl (C=O) groups is 1. The second kappa shape index (κ2) is 4.34. The van der Waals surface area contributed by atoms with Crippen molar-refractivity contribution in [2.24, 2.45) is 5.73 Å². The Balaban J connectivity index is 2.61. The monoisotopic (exact) mass is 228 g/mol. The molecular weight excluding hydrogens is 216 g/mol. The van der Waals surface area contributed by atoms with E-state index in [0.29, 0.717) is 12.8 Å². The third-order valence-corrected chi connectivity index (χ3v) is 2.39. The van der Waals surface area contributed by atoms with Crippen LogP contribution in [0.25, 0.3) is 0 Å². The summed E-state index contributed by atoms with van der Waals surface area (Å²) in [5, 5.41) is 0. The molecule has 1 amide bonds. The van der Waals surface area contributed by atoms with E-state index < -0.39 is 18.3 Å². The fourth-order valence-electron chi connectivity index (χ4n) is 1.41. The Labute approximate surface area is 84.2 Å². The Morgan fingerprint density at radius 2 is 1.80 bits per heavy atom. The minimum absolute atomic E-state index is 0.0162. The summed E-state index contributed by atoms with van der Waals surface area (Å²) >= 11 is 0. The highest BCUT2D eigenvalue weighted by molar-refractivity contribution is 5.84. The summed E-state index contributed by atoms with van der Waals surface area (Å²) in [5.41, 5.74) is 5.49. The van der Waals surface area contributed by atoms with Crippen molar-refractivity contribution in [3.8, 4) is 0 Å². The average Bonchev–Trinajstić information content (AvgIpc) is 2.17. The lowest BCUT2D eigenvalue weighted by Gasteiger charge is -2.32. The molecule has 7 heteroatoms. The van der Waals surface area contributed by atoms with Crippen LogP contribution in [0, 0.1) is 0 Å². The number of nitrogens with two attached hydrogens (primary N) is 1. The van der Waals surface area contributed by atoms with Crippen molar-refractivity contribution in [3.63, 3.8) is 0 Å². The third-order valence-electron chi connectivity index (χ3n) is 2.39. The second-order valence-corrected chi connectivity index (χ2v) is 3.55. The van der Waals surface area contributed by atoms with Gasteiger partial charge in [-0.15, -0.1) is 0 Å². The van der Waals surface area contributed by atoms with Crippen LogP contribution in [0.2, 0.25) is 0 Å². The highest BCUT2D eigenvalue weighted by Gasteiger charge is 2.51. The highest BCUT2D eigenvalue weighted by atomic mass is 19.3. The molecule has 0 unspecified atom stereocenters. The first kappa shape index (κ1) is 12.2. The van der Waals surface area contributed by atoms with Crippen molar-refractivity contribution in [1.82, 2.24) is 4.90 Å². The van der Waals surface area contributed by atoms with Crippen molar-refractivity contribution in [2.75, 3.05) is 13.1 Å². The van der Waals surface area contributed by atoms with E-state index in [2.05, 4.69) is 0 Å². The zero-order valence-corrected chi connectivity index (χ0v) is 7.93. The van der Waals surface area contributed by atoms with E-state index in [4.69, 9.17) is 5.73 Å². The first-order chi connectivity index (χ1) is 6.85. The average molecular weight is 228 g/mol. The zero-order chi connectivity index (χ0) is 11.6. The maximum absolute atomic E-state index is 12.6. The van der Waals surface area contributed by atoms with Gasteiger partial charge < -0.3 is 10.6 Å². The number of hydrogen-bond donors (Lipinski definition) is 1. The Bertz CT molecular complexity index is 239. The first-order valence-electron chi connectivity index (χ1n) is 4.56. The normalized spacial score (nSPS) is 19.7. The summed E-state index contributed by atoms with van der Waals surface area (Å²) in [7, 11) is 0. The van der Waals surface area contributed by atoms with Crippen molar-refractivity contribution < 1.29 is 22.4 Å². The van der Waals surface area contributed by atoms with Crippen molar-refractivity contribution in [3.05, 3.63) is 0 Å². The molecular formula is C8H12F4N2O. The van der Waals surface area contributed by atoms with Crippen molar-refractivity contribution in [2.45, 2.75) is 31.2 Å². The number of halogens is 4. The Hall–Kier alpha value is -0.850. The lowest BCUT2D eigenvalue weighted by Crippen LogP contribution is -2.51. The Kier molecular flexibility index (Phi) is 3.54. The van der Waals surface area contributed by atoms with E-state index in [1.165, 1.54) is 0 Å². The fraction of sp³-hybridized carbons (Fsp3) is 0.875. The van der Waals surface area contributed by atoms with Crippen LogP contribution in [-0.2, 0) is 4.79 Å². The van der Waals surface area contributed by atoms with Crippen LogP contribution in [0.1, 0.15) is 12.8 Å². The number of alkyl halides is 4. The molecule has 2 N–H and O–H groups in total. The summed E-state index contributed by atoms with van der Waals surface area (Å²) in [6.07, 6.45) is -3.23. The molecule has 1 rings (SSSR count). The predicted molar refractivity (Wildman–Crippen MR) is 44.7 cm³/mol. The molecule has 0 spiro atoms. The van der Waals surface area contributed by atoms with Gasteiger partial charge in [0.2, 0.25) is 0 Å². The van der Waals surface area contributed by atoms with Gasteiger partial charge in [-0.05, 0) is 12.8 Å².